The van der Waals surface area contributed by atoms with E-state index in [-0.39, 0.29) is 16.8 Å². The molecule has 0 unspecified atom stereocenters. The van der Waals surface area contributed by atoms with Gasteiger partial charge in [0.15, 0.2) is 16.8 Å². The van der Waals surface area contributed by atoms with Crippen molar-refractivity contribution in [1.82, 2.24) is 25.2 Å². The minimum Gasteiger partial charge on any atom is -0.479 e. The topological polar surface area (TPSA) is 114 Å². The molecule has 2 heterocycles. The van der Waals surface area contributed by atoms with Crippen molar-refractivity contribution >= 4 is 5.97 Å². The van der Waals surface area contributed by atoms with Crippen LogP contribution in [0.3, 0.4) is 0 Å². The number of carboxylic acids is 1. The van der Waals surface area contributed by atoms with Crippen molar-refractivity contribution in [2.24, 2.45) is 0 Å². The molecule has 0 aliphatic rings. The van der Waals surface area contributed by atoms with Crippen LogP contribution in [-0.2, 0) is 10.3 Å². The first-order chi connectivity index (χ1) is 9.56. The molecule has 0 radical (unpaired) electrons. The van der Waals surface area contributed by atoms with Crippen LogP contribution in [0.25, 0.3) is 11.4 Å². The van der Waals surface area contributed by atoms with Gasteiger partial charge in [-0.05, 0) is 23.3 Å². The van der Waals surface area contributed by atoms with Gasteiger partial charge in [-0.15, -0.1) is 5.10 Å². The number of nitrogens with one attached hydrogen (secondary N) is 1. The monoisotopic (exact) mass is 277 g/mol. The first kappa shape index (κ1) is 13.9. The number of aliphatic carboxylic acids is 1. The van der Waals surface area contributed by atoms with Gasteiger partial charge in [0.05, 0.1) is 5.56 Å². The van der Waals surface area contributed by atoms with Gasteiger partial charge in [-0.1, -0.05) is 13.8 Å². The molecule has 0 atom stereocenters. The lowest BCUT2D eigenvalue weighted by Gasteiger charge is -2.27. The Hall–Kier alpha value is -2.51. The van der Waals surface area contributed by atoms with Crippen LogP contribution in [0.5, 0.6) is 0 Å². The third-order valence-electron chi connectivity index (χ3n) is 3.51. The Balaban J connectivity index is 2.67. The fraction of sp³-hybridized carbons (Fsp3) is 0.417. The molecule has 0 fully saturated rings. The Morgan fingerprint density at radius 2 is 2.15 bits per heavy atom. The van der Waals surface area contributed by atoms with Crippen molar-refractivity contribution in [2.45, 2.75) is 32.2 Å². The zero-order chi connectivity index (χ0) is 14.8. The number of rotatable bonds is 5. The molecular weight excluding hydrogens is 262 g/mol. The summed E-state index contributed by atoms with van der Waals surface area (Å²) in [6.45, 7) is 3.50. The van der Waals surface area contributed by atoms with Crippen LogP contribution in [0, 0.1) is 0 Å². The summed E-state index contributed by atoms with van der Waals surface area (Å²) in [5, 5.41) is 20.7. The maximum absolute atomic E-state index is 11.9. The SMILES string of the molecule is CCC(CC)(C(=O)O)n1nnnc1-c1c[nH]ccc1=O. The molecule has 0 aromatic carbocycles. The summed E-state index contributed by atoms with van der Waals surface area (Å²) in [5.41, 5.74) is -1.29. The van der Waals surface area contributed by atoms with Crippen LogP contribution in [0.15, 0.2) is 23.3 Å². The number of hydrogen-bond donors (Lipinski definition) is 2. The highest BCUT2D eigenvalue weighted by molar-refractivity contribution is 5.77. The third-order valence-corrected chi connectivity index (χ3v) is 3.51. The van der Waals surface area contributed by atoms with Gasteiger partial charge < -0.3 is 10.1 Å². The molecule has 0 aliphatic carbocycles. The van der Waals surface area contributed by atoms with Crippen LogP contribution in [0.2, 0.25) is 0 Å². The molecule has 0 spiro atoms. The predicted octanol–water partition coefficient (Wildman–Crippen LogP) is 0.628. The molecule has 20 heavy (non-hydrogen) atoms. The average molecular weight is 277 g/mol. The number of aromatic nitrogens is 5. The second kappa shape index (κ2) is 5.24. The highest BCUT2D eigenvalue weighted by Gasteiger charge is 2.40. The Bertz CT molecular complexity index is 671. The Morgan fingerprint density at radius 1 is 1.45 bits per heavy atom. The number of H-pyrrole nitrogens is 1. The van der Waals surface area contributed by atoms with Crippen LogP contribution >= 0.6 is 0 Å². The van der Waals surface area contributed by atoms with Crippen LogP contribution < -0.4 is 5.43 Å². The van der Waals surface area contributed by atoms with E-state index in [2.05, 4.69) is 20.5 Å². The van der Waals surface area contributed by atoms with E-state index in [4.69, 9.17) is 0 Å². The quantitative estimate of drug-likeness (QED) is 0.828. The molecule has 0 amide bonds. The third kappa shape index (κ3) is 1.98. The number of aromatic amines is 1. The Labute approximate surface area is 114 Å². The standard InChI is InChI=1S/C12H15N5O3/c1-3-12(4-2,11(19)20)17-10(14-15-16-17)8-7-13-6-5-9(8)18/h5-7H,3-4H2,1-2H3,(H,13,18)(H,19,20). The van der Waals surface area contributed by atoms with E-state index in [1.54, 1.807) is 13.8 Å². The van der Waals surface area contributed by atoms with Gasteiger partial charge in [0, 0.05) is 18.5 Å². The molecular formula is C12H15N5O3. The van der Waals surface area contributed by atoms with Gasteiger partial charge in [-0.25, -0.2) is 9.48 Å². The maximum Gasteiger partial charge on any atom is 0.331 e. The van der Waals surface area contributed by atoms with Crippen LogP contribution in [-0.4, -0.2) is 36.3 Å². The molecule has 106 valence electrons. The molecule has 2 N–H and O–H groups in total. The molecule has 2 aromatic rings. The lowest BCUT2D eigenvalue weighted by molar-refractivity contribution is -0.148. The zero-order valence-corrected chi connectivity index (χ0v) is 11.2. The van der Waals surface area contributed by atoms with Crippen molar-refractivity contribution in [1.29, 1.82) is 0 Å². The van der Waals surface area contributed by atoms with Crippen molar-refractivity contribution in [2.75, 3.05) is 0 Å². The van der Waals surface area contributed by atoms with Gasteiger partial charge >= 0.3 is 5.97 Å². The fourth-order valence-corrected chi connectivity index (χ4v) is 2.18. The fourth-order valence-electron chi connectivity index (χ4n) is 2.18. The van der Waals surface area contributed by atoms with E-state index in [9.17, 15) is 14.7 Å². The minimum absolute atomic E-state index is 0.151. The number of hydrogen-bond acceptors (Lipinski definition) is 5. The lowest BCUT2D eigenvalue weighted by Crippen LogP contribution is -2.42. The number of carboxylic acid groups (broad SMARTS) is 1. The van der Waals surface area contributed by atoms with E-state index in [0.29, 0.717) is 12.8 Å². The van der Waals surface area contributed by atoms with Crippen molar-refractivity contribution in [3.63, 3.8) is 0 Å². The van der Waals surface area contributed by atoms with Crippen LogP contribution in [0.4, 0.5) is 0 Å². The number of carbonyl (C=O) groups is 1. The predicted molar refractivity (Wildman–Crippen MR) is 70.1 cm³/mol. The molecule has 2 aromatic heterocycles. The summed E-state index contributed by atoms with van der Waals surface area (Å²) in [6, 6.07) is 1.34. The van der Waals surface area contributed by atoms with Gasteiger partial charge in [0.25, 0.3) is 0 Å². The molecule has 0 saturated heterocycles. The van der Waals surface area contributed by atoms with Crippen molar-refractivity contribution in [3.8, 4) is 11.4 Å². The van der Waals surface area contributed by atoms with E-state index in [0.717, 1.165) is 0 Å². The van der Waals surface area contributed by atoms with E-state index >= 15 is 0 Å². The largest absolute Gasteiger partial charge is 0.479 e. The minimum atomic E-state index is -1.26. The molecule has 8 nitrogen and oxygen atoms in total. The molecule has 8 heteroatoms. The van der Waals surface area contributed by atoms with Gasteiger partial charge in [0.2, 0.25) is 0 Å². The average Bonchev–Trinajstić information content (AvgIpc) is 2.91. The molecule has 0 bridgehead atoms. The number of nitrogens with zero attached hydrogens (tertiary/aromatic N) is 4. The van der Waals surface area contributed by atoms with Crippen molar-refractivity contribution in [3.05, 3.63) is 28.7 Å². The summed E-state index contributed by atoms with van der Waals surface area (Å²) < 4.78 is 1.22. The van der Waals surface area contributed by atoms with Crippen molar-refractivity contribution < 1.29 is 9.90 Å². The van der Waals surface area contributed by atoms with Crippen LogP contribution in [0.1, 0.15) is 26.7 Å². The highest BCUT2D eigenvalue weighted by atomic mass is 16.4. The summed E-state index contributed by atoms with van der Waals surface area (Å²) >= 11 is 0. The highest BCUT2D eigenvalue weighted by Crippen LogP contribution is 2.28. The summed E-state index contributed by atoms with van der Waals surface area (Å²) in [5.74, 6) is -0.874. The molecule has 0 aliphatic heterocycles. The van der Waals surface area contributed by atoms with Gasteiger partial charge in [-0.3, -0.25) is 4.79 Å². The first-order valence-corrected chi connectivity index (χ1v) is 6.26. The second-order valence-corrected chi connectivity index (χ2v) is 4.38. The smallest absolute Gasteiger partial charge is 0.331 e. The zero-order valence-electron chi connectivity index (χ0n) is 11.2. The summed E-state index contributed by atoms with van der Waals surface area (Å²) in [7, 11) is 0. The van der Waals surface area contributed by atoms with Gasteiger partial charge in [0.1, 0.15) is 0 Å². The summed E-state index contributed by atoms with van der Waals surface area (Å²) in [6.07, 6.45) is 3.57. The number of pyridine rings is 1. The molecule has 0 saturated carbocycles. The van der Waals surface area contributed by atoms with Gasteiger partial charge in [-0.2, -0.15) is 0 Å². The normalized spacial score (nSPS) is 11.5. The van der Waals surface area contributed by atoms with E-state index in [1.165, 1.54) is 23.1 Å². The molecule has 2 rings (SSSR count). The lowest BCUT2D eigenvalue weighted by atomic mass is 9.93. The first-order valence-electron chi connectivity index (χ1n) is 6.26. The second-order valence-electron chi connectivity index (χ2n) is 4.38. The van der Waals surface area contributed by atoms with E-state index < -0.39 is 11.5 Å². The Kier molecular flexibility index (Phi) is 3.64. The van der Waals surface area contributed by atoms with E-state index in [1.807, 2.05) is 0 Å². The number of tetrazole rings is 1. The Morgan fingerprint density at radius 3 is 2.70 bits per heavy atom. The maximum atomic E-state index is 11.9. The summed E-state index contributed by atoms with van der Waals surface area (Å²) in [4.78, 5) is 26.3.